The number of carbonyl (C=O) groups excluding carboxylic acids is 1. The first-order valence-corrected chi connectivity index (χ1v) is 7.02. The molecule has 1 aromatic heterocycles. The van der Waals surface area contributed by atoms with Crippen molar-refractivity contribution in [3.63, 3.8) is 0 Å². The first-order chi connectivity index (χ1) is 8.99. The molecule has 5 nitrogen and oxygen atoms in total. The van der Waals surface area contributed by atoms with Crippen molar-refractivity contribution in [2.45, 2.75) is 0 Å². The molecule has 0 unspecified atom stereocenters. The minimum absolute atomic E-state index is 0.0203. The first kappa shape index (κ1) is 14.0. The topological polar surface area (TPSA) is 72.2 Å². The Hall–Kier alpha value is -1.44. The van der Waals surface area contributed by atoms with Crippen molar-refractivity contribution in [2.75, 3.05) is 5.32 Å². The van der Waals surface area contributed by atoms with Gasteiger partial charge in [0.2, 0.25) is 0 Å². The number of nitrogens with zero attached hydrogens (tertiary/aromatic N) is 1. The van der Waals surface area contributed by atoms with Crippen LogP contribution in [0.3, 0.4) is 0 Å². The SMILES string of the molecule is O=C(Nc1ccc([N+](=O)[O-])c(Cl)c1)c1sccc1Br. The quantitative estimate of drug-likeness (QED) is 0.653. The van der Waals surface area contributed by atoms with Gasteiger partial charge in [-0.2, -0.15) is 0 Å². The number of hydrogen-bond donors (Lipinski definition) is 1. The van der Waals surface area contributed by atoms with Crippen LogP contribution in [0.15, 0.2) is 34.1 Å². The lowest BCUT2D eigenvalue weighted by Crippen LogP contribution is -2.10. The number of rotatable bonds is 3. The van der Waals surface area contributed by atoms with Crippen molar-refractivity contribution in [2.24, 2.45) is 0 Å². The van der Waals surface area contributed by atoms with Crippen molar-refractivity contribution >= 4 is 56.1 Å². The van der Waals surface area contributed by atoms with Gasteiger partial charge in [-0.15, -0.1) is 11.3 Å². The number of hydrogen-bond acceptors (Lipinski definition) is 4. The number of anilines is 1. The molecule has 1 N–H and O–H groups in total. The Labute approximate surface area is 125 Å². The predicted octanol–water partition coefficient (Wildman–Crippen LogP) is 4.32. The van der Waals surface area contributed by atoms with Crippen molar-refractivity contribution in [1.82, 2.24) is 0 Å². The van der Waals surface area contributed by atoms with Gasteiger partial charge in [-0.1, -0.05) is 11.6 Å². The number of carbonyl (C=O) groups is 1. The fraction of sp³-hybridized carbons (Fsp3) is 0. The highest BCUT2D eigenvalue weighted by Gasteiger charge is 2.15. The zero-order valence-electron chi connectivity index (χ0n) is 9.22. The van der Waals surface area contributed by atoms with Crippen LogP contribution in [0, 0.1) is 10.1 Å². The number of benzene rings is 1. The Morgan fingerprint density at radius 1 is 1.42 bits per heavy atom. The molecule has 0 bridgehead atoms. The lowest BCUT2D eigenvalue weighted by atomic mass is 10.2. The van der Waals surface area contributed by atoms with Crippen LogP contribution in [0.25, 0.3) is 0 Å². The fourth-order valence-corrected chi connectivity index (χ4v) is 3.07. The standard InChI is InChI=1S/C11H6BrClN2O3S/c12-7-3-4-19-10(7)11(16)14-6-1-2-9(15(17)18)8(13)5-6/h1-5H,(H,14,16). The third kappa shape index (κ3) is 3.12. The molecule has 1 aromatic carbocycles. The maximum absolute atomic E-state index is 11.9. The third-order valence-corrected chi connectivity index (χ3v) is 4.36. The predicted molar refractivity (Wildman–Crippen MR) is 78.1 cm³/mol. The van der Waals surface area contributed by atoms with Crippen molar-refractivity contribution in [3.05, 3.63) is 54.1 Å². The zero-order chi connectivity index (χ0) is 14.0. The van der Waals surface area contributed by atoms with Crippen molar-refractivity contribution in [1.29, 1.82) is 0 Å². The highest BCUT2D eigenvalue weighted by molar-refractivity contribution is 9.10. The van der Waals surface area contributed by atoms with Gasteiger partial charge in [-0.3, -0.25) is 14.9 Å². The van der Waals surface area contributed by atoms with Gasteiger partial charge in [0.05, 0.1) is 4.92 Å². The molecule has 8 heteroatoms. The summed E-state index contributed by atoms with van der Waals surface area (Å²) in [5, 5.41) is 15.0. The van der Waals surface area contributed by atoms with Gasteiger partial charge in [0.25, 0.3) is 11.6 Å². The van der Waals surface area contributed by atoms with Crippen LogP contribution in [0.4, 0.5) is 11.4 Å². The Morgan fingerprint density at radius 2 is 2.16 bits per heavy atom. The first-order valence-electron chi connectivity index (χ1n) is 4.97. The van der Waals surface area contributed by atoms with Crippen LogP contribution in [0.5, 0.6) is 0 Å². The second kappa shape index (κ2) is 5.68. The molecule has 0 saturated heterocycles. The van der Waals surface area contributed by atoms with Gasteiger partial charge in [-0.05, 0) is 39.5 Å². The summed E-state index contributed by atoms with van der Waals surface area (Å²) in [6.45, 7) is 0. The van der Waals surface area contributed by atoms with Crippen LogP contribution in [-0.4, -0.2) is 10.8 Å². The summed E-state index contributed by atoms with van der Waals surface area (Å²) in [4.78, 5) is 22.5. The molecule has 0 radical (unpaired) electrons. The Balaban J connectivity index is 2.21. The van der Waals surface area contributed by atoms with Gasteiger partial charge in [0.1, 0.15) is 9.90 Å². The van der Waals surface area contributed by atoms with Gasteiger partial charge >= 0.3 is 0 Å². The fourth-order valence-electron chi connectivity index (χ4n) is 1.38. The molecule has 1 heterocycles. The molecule has 1 amide bonds. The molecule has 0 atom stereocenters. The number of amides is 1. The van der Waals surface area contributed by atoms with Gasteiger partial charge in [-0.25, -0.2) is 0 Å². The largest absolute Gasteiger partial charge is 0.321 e. The van der Waals surface area contributed by atoms with Crippen molar-refractivity contribution < 1.29 is 9.72 Å². The second-order valence-electron chi connectivity index (χ2n) is 3.48. The van der Waals surface area contributed by atoms with Gasteiger partial charge < -0.3 is 5.32 Å². The highest BCUT2D eigenvalue weighted by Crippen LogP contribution is 2.28. The van der Waals surface area contributed by atoms with Crippen LogP contribution in [0.2, 0.25) is 5.02 Å². The smallest absolute Gasteiger partial charge is 0.288 e. The van der Waals surface area contributed by atoms with Gasteiger partial charge in [0, 0.05) is 16.2 Å². The van der Waals surface area contributed by atoms with E-state index >= 15 is 0 Å². The molecule has 0 aliphatic carbocycles. The maximum atomic E-state index is 11.9. The summed E-state index contributed by atoms with van der Waals surface area (Å²) in [6.07, 6.45) is 0. The third-order valence-electron chi connectivity index (χ3n) is 2.23. The lowest BCUT2D eigenvalue weighted by molar-refractivity contribution is -0.384. The van der Waals surface area contributed by atoms with E-state index in [2.05, 4.69) is 21.2 Å². The molecular formula is C11H6BrClN2O3S. The number of nitro benzene ring substituents is 1. The summed E-state index contributed by atoms with van der Waals surface area (Å²) in [7, 11) is 0. The van der Waals surface area contributed by atoms with E-state index in [0.717, 1.165) is 0 Å². The lowest BCUT2D eigenvalue weighted by Gasteiger charge is -2.04. The summed E-state index contributed by atoms with van der Waals surface area (Å²) in [5.41, 5.74) is 0.206. The minimum Gasteiger partial charge on any atom is -0.321 e. The molecule has 19 heavy (non-hydrogen) atoms. The molecule has 0 spiro atoms. The Morgan fingerprint density at radius 3 is 2.68 bits per heavy atom. The van der Waals surface area contributed by atoms with E-state index in [1.165, 1.54) is 29.5 Å². The van der Waals surface area contributed by atoms with Crippen LogP contribution in [0.1, 0.15) is 9.67 Å². The number of halogens is 2. The number of thiophene rings is 1. The summed E-state index contributed by atoms with van der Waals surface area (Å²) >= 11 is 10.3. The average Bonchev–Trinajstić information content (AvgIpc) is 2.75. The van der Waals surface area contributed by atoms with E-state index in [1.807, 2.05) is 0 Å². The van der Waals surface area contributed by atoms with E-state index < -0.39 is 4.92 Å². The summed E-state index contributed by atoms with van der Waals surface area (Å²) in [5.74, 6) is -0.299. The highest BCUT2D eigenvalue weighted by atomic mass is 79.9. The van der Waals surface area contributed by atoms with E-state index in [1.54, 1.807) is 11.4 Å². The van der Waals surface area contributed by atoms with Crippen molar-refractivity contribution in [3.8, 4) is 0 Å². The van der Waals surface area contributed by atoms with E-state index in [-0.39, 0.29) is 16.6 Å². The minimum atomic E-state index is -0.580. The number of nitro groups is 1. The molecule has 2 aromatic rings. The molecular weight excluding hydrogens is 356 g/mol. The monoisotopic (exact) mass is 360 g/mol. The van der Waals surface area contributed by atoms with E-state index in [4.69, 9.17) is 11.6 Å². The normalized spacial score (nSPS) is 10.2. The molecule has 0 saturated carbocycles. The average molecular weight is 362 g/mol. The zero-order valence-corrected chi connectivity index (χ0v) is 12.4. The van der Waals surface area contributed by atoms with E-state index in [0.29, 0.717) is 15.0 Å². The van der Waals surface area contributed by atoms with Gasteiger partial charge in [0.15, 0.2) is 0 Å². The Bertz CT molecular complexity index is 659. The Kier molecular flexibility index (Phi) is 4.18. The van der Waals surface area contributed by atoms with Crippen LogP contribution < -0.4 is 5.32 Å². The van der Waals surface area contributed by atoms with E-state index in [9.17, 15) is 14.9 Å². The number of nitrogens with one attached hydrogen (secondary N) is 1. The van der Waals surface area contributed by atoms with Crippen LogP contribution >= 0.6 is 38.9 Å². The molecule has 0 aliphatic rings. The molecule has 0 fully saturated rings. The van der Waals surface area contributed by atoms with Crippen LogP contribution in [-0.2, 0) is 0 Å². The molecule has 2 rings (SSSR count). The maximum Gasteiger partial charge on any atom is 0.288 e. The summed E-state index contributed by atoms with van der Waals surface area (Å²) < 4.78 is 0.697. The second-order valence-corrected chi connectivity index (χ2v) is 5.65. The molecule has 98 valence electrons. The summed E-state index contributed by atoms with van der Waals surface area (Å²) in [6, 6.07) is 5.80. The molecule has 0 aliphatic heterocycles.